The molecule has 1 amide bonds. The maximum Gasteiger partial charge on any atom is 0.387 e. The number of carbonyl (C=O) groups excluding carboxylic acids is 1. The molecule has 0 aliphatic carbocycles. The molecule has 0 radical (unpaired) electrons. The molecule has 0 atom stereocenters. The number of nitrogens with zero attached hydrogens (tertiary/aromatic N) is 4. The van der Waals surface area contributed by atoms with Gasteiger partial charge in [0.2, 0.25) is 0 Å². The normalized spacial score (nSPS) is 13.8. The second-order valence-electron chi connectivity index (χ2n) is 9.00. The first-order valence-electron chi connectivity index (χ1n) is 12.5. The van der Waals surface area contributed by atoms with Crippen molar-refractivity contribution in [1.29, 1.82) is 0 Å². The van der Waals surface area contributed by atoms with Crippen LogP contribution in [0.5, 0.6) is 5.75 Å². The molecule has 2 aromatic heterocycles. The lowest BCUT2D eigenvalue weighted by molar-refractivity contribution is -0.0491. The number of rotatable bonds is 8. The number of piperazine rings is 1. The molecule has 198 valence electrons. The Kier molecular flexibility index (Phi) is 7.39. The second-order valence-corrected chi connectivity index (χ2v) is 9.00. The van der Waals surface area contributed by atoms with E-state index in [9.17, 15) is 18.0 Å². The third kappa shape index (κ3) is 5.39. The Morgan fingerprint density at radius 3 is 2.16 bits per heavy atom. The lowest BCUT2D eigenvalue weighted by Gasteiger charge is -2.37. The number of pyridine rings is 1. The average Bonchev–Trinajstić information content (AvgIpc) is 3.32. The first-order valence-corrected chi connectivity index (χ1v) is 12.5. The van der Waals surface area contributed by atoms with Crippen LogP contribution in [0.25, 0.3) is 5.65 Å². The summed E-state index contributed by atoms with van der Waals surface area (Å²) in [4.78, 5) is 22.0. The molecule has 5 rings (SSSR count). The largest absolute Gasteiger partial charge is 0.431 e. The van der Waals surface area contributed by atoms with Crippen molar-refractivity contribution in [1.82, 2.24) is 14.7 Å². The van der Waals surface area contributed by atoms with Crippen molar-refractivity contribution in [2.45, 2.75) is 26.5 Å². The second kappa shape index (κ2) is 11.0. The lowest BCUT2D eigenvalue weighted by Crippen LogP contribution is -2.46. The Morgan fingerprint density at radius 2 is 1.58 bits per heavy atom. The number of fused-ring (bicyclic) bond motifs is 1. The minimum Gasteiger partial charge on any atom is -0.431 e. The van der Waals surface area contributed by atoms with E-state index in [2.05, 4.69) is 24.8 Å². The van der Waals surface area contributed by atoms with E-state index in [0.29, 0.717) is 24.4 Å². The van der Waals surface area contributed by atoms with E-state index < -0.39 is 6.61 Å². The third-order valence-corrected chi connectivity index (χ3v) is 6.68. The van der Waals surface area contributed by atoms with E-state index in [4.69, 9.17) is 0 Å². The number of aromatic nitrogens is 2. The van der Waals surface area contributed by atoms with Gasteiger partial charge < -0.3 is 19.9 Å². The summed E-state index contributed by atoms with van der Waals surface area (Å²) in [5.74, 6) is -0.656. The van der Waals surface area contributed by atoms with E-state index in [1.807, 2.05) is 31.2 Å². The van der Waals surface area contributed by atoms with Crippen molar-refractivity contribution in [2.24, 2.45) is 0 Å². The van der Waals surface area contributed by atoms with Crippen molar-refractivity contribution in [3.05, 3.63) is 89.6 Å². The zero-order valence-corrected chi connectivity index (χ0v) is 20.9. The number of alkyl halides is 2. The molecule has 7 nitrogen and oxygen atoms in total. The van der Waals surface area contributed by atoms with Crippen molar-refractivity contribution < 1.29 is 22.7 Å². The zero-order valence-electron chi connectivity index (χ0n) is 20.9. The molecule has 2 aromatic carbocycles. The topological polar surface area (TPSA) is 62.1 Å². The van der Waals surface area contributed by atoms with Gasteiger partial charge in [-0.2, -0.15) is 8.78 Å². The summed E-state index contributed by atoms with van der Waals surface area (Å²) < 4.78 is 44.9. The Bertz CT molecular complexity index is 1400. The van der Waals surface area contributed by atoms with Gasteiger partial charge in [0, 0.05) is 50.3 Å². The minimum absolute atomic E-state index is 0.0784. The van der Waals surface area contributed by atoms with Gasteiger partial charge in [0.25, 0.3) is 5.91 Å². The number of benzene rings is 2. The highest BCUT2D eigenvalue weighted by Crippen LogP contribution is 2.25. The van der Waals surface area contributed by atoms with Gasteiger partial charge in [0.15, 0.2) is 11.4 Å². The molecule has 1 N–H and O–H groups in total. The lowest BCUT2D eigenvalue weighted by atomic mass is 10.1. The highest BCUT2D eigenvalue weighted by molar-refractivity contribution is 5.95. The standard InChI is InChI=1S/C28H28F3N5O2/c1-2-23-25(36-13-3-4-24(26(36)33-23)38-28(30)31)27(37)32-18-19-5-9-21(10-6-19)34-14-16-35(17-15-34)22-11-7-20(29)8-12-22/h3-13,28H,2,14-18H2,1H3,(H,32,37). The first-order chi connectivity index (χ1) is 18.4. The number of hydrogen-bond donors (Lipinski definition) is 1. The van der Waals surface area contributed by atoms with E-state index in [0.717, 1.165) is 43.1 Å². The Labute approximate surface area is 218 Å². The molecule has 1 saturated heterocycles. The third-order valence-electron chi connectivity index (χ3n) is 6.68. The predicted molar refractivity (Wildman–Crippen MR) is 140 cm³/mol. The van der Waals surface area contributed by atoms with Gasteiger partial charge in [-0.25, -0.2) is 9.37 Å². The Hall–Kier alpha value is -4.21. The van der Waals surface area contributed by atoms with Crippen LogP contribution in [0.15, 0.2) is 66.9 Å². The van der Waals surface area contributed by atoms with E-state index in [1.165, 1.54) is 22.6 Å². The number of amides is 1. The minimum atomic E-state index is -2.98. The summed E-state index contributed by atoms with van der Waals surface area (Å²) in [6, 6.07) is 17.6. The van der Waals surface area contributed by atoms with Gasteiger partial charge in [-0.15, -0.1) is 0 Å². The fraction of sp³-hybridized carbons (Fsp3) is 0.286. The van der Waals surface area contributed by atoms with Gasteiger partial charge >= 0.3 is 6.61 Å². The number of aryl methyl sites for hydroxylation is 1. The van der Waals surface area contributed by atoms with Gasteiger partial charge in [0.05, 0.1) is 5.69 Å². The summed E-state index contributed by atoms with van der Waals surface area (Å²) in [5, 5.41) is 2.92. The van der Waals surface area contributed by atoms with Crippen LogP contribution in [0.4, 0.5) is 24.5 Å². The van der Waals surface area contributed by atoms with Crippen LogP contribution < -0.4 is 19.9 Å². The first kappa shape index (κ1) is 25.4. The number of nitrogens with one attached hydrogen (secondary N) is 1. The van der Waals surface area contributed by atoms with E-state index in [1.54, 1.807) is 24.4 Å². The van der Waals surface area contributed by atoms with Crippen LogP contribution >= 0.6 is 0 Å². The number of ether oxygens (including phenoxy) is 1. The fourth-order valence-corrected chi connectivity index (χ4v) is 4.73. The number of hydrogen-bond acceptors (Lipinski definition) is 5. The molecule has 0 saturated carbocycles. The molecule has 4 aromatic rings. The molecule has 10 heteroatoms. The molecule has 0 bridgehead atoms. The van der Waals surface area contributed by atoms with Gasteiger partial charge in [-0.05, 0) is 60.5 Å². The molecule has 3 heterocycles. The van der Waals surface area contributed by atoms with Crippen LogP contribution in [0.2, 0.25) is 0 Å². The quantitative estimate of drug-likeness (QED) is 0.356. The summed E-state index contributed by atoms with van der Waals surface area (Å²) in [5.41, 5.74) is 4.03. The Balaban J connectivity index is 1.21. The number of halogens is 3. The highest BCUT2D eigenvalue weighted by atomic mass is 19.3. The SMILES string of the molecule is CCc1nc2c(OC(F)F)cccn2c1C(=O)NCc1ccc(N2CCN(c3ccc(F)cc3)CC2)cc1. The van der Waals surface area contributed by atoms with Crippen molar-refractivity contribution in [3.63, 3.8) is 0 Å². The molecule has 0 unspecified atom stereocenters. The zero-order chi connectivity index (χ0) is 26.6. The van der Waals surface area contributed by atoms with E-state index >= 15 is 0 Å². The molecule has 1 aliphatic heterocycles. The van der Waals surface area contributed by atoms with E-state index in [-0.39, 0.29) is 23.1 Å². The van der Waals surface area contributed by atoms with Crippen LogP contribution in [-0.4, -0.2) is 48.1 Å². The maximum atomic E-state index is 13.2. The van der Waals surface area contributed by atoms with Gasteiger partial charge in [0.1, 0.15) is 11.5 Å². The van der Waals surface area contributed by atoms with Crippen LogP contribution in [0.3, 0.4) is 0 Å². The van der Waals surface area contributed by atoms with Crippen LogP contribution in [-0.2, 0) is 13.0 Å². The molecule has 1 aliphatic rings. The molecule has 1 fully saturated rings. The number of imidazole rings is 1. The summed E-state index contributed by atoms with van der Waals surface area (Å²) in [6.45, 7) is 2.55. The summed E-state index contributed by atoms with van der Waals surface area (Å²) >= 11 is 0. The molecular weight excluding hydrogens is 495 g/mol. The average molecular weight is 524 g/mol. The summed E-state index contributed by atoms with van der Waals surface area (Å²) in [6.07, 6.45) is 2.07. The molecule has 0 spiro atoms. The molecular formula is C28H28F3N5O2. The highest BCUT2D eigenvalue weighted by Gasteiger charge is 2.22. The van der Waals surface area contributed by atoms with Crippen LogP contribution in [0, 0.1) is 5.82 Å². The van der Waals surface area contributed by atoms with Crippen molar-refractivity contribution in [3.8, 4) is 5.75 Å². The fourth-order valence-electron chi connectivity index (χ4n) is 4.73. The Morgan fingerprint density at radius 1 is 0.974 bits per heavy atom. The maximum absolute atomic E-state index is 13.2. The monoisotopic (exact) mass is 523 g/mol. The number of carbonyl (C=O) groups is 1. The van der Waals surface area contributed by atoms with Crippen molar-refractivity contribution >= 4 is 22.9 Å². The van der Waals surface area contributed by atoms with Gasteiger partial charge in [-0.1, -0.05) is 19.1 Å². The van der Waals surface area contributed by atoms with Crippen LogP contribution in [0.1, 0.15) is 28.7 Å². The van der Waals surface area contributed by atoms with Gasteiger partial charge in [-0.3, -0.25) is 9.20 Å². The summed E-state index contributed by atoms with van der Waals surface area (Å²) in [7, 11) is 0. The smallest absolute Gasteiger partial charge is 0.387 e. The molecule has 38 heavy (non-hydrogen) atoms. The van der Waals surface area contributed by atoms with Crippen molar-refractivity contribution in [2.75, 3.05) is 36.0 Å². The predicted octanol–water partition coefficient (Wildman–Crippen LogP) is 4.89. The number of anilines is 2.